The zero-order valence-corrected chi connectivity index (χ0v) is 14.3. The summed E-state index contributed by atoms with van der Waals surface area (Å²) >= 11 is 12.6. The molecule has 3 heteroatoms. The van der Waals surface area contributed by atoms with Crippen LogP contribution in [0.1, 0.15) is 51.0 Å². The topological polar surface area (TPSA) is 12.0 Å². The van der Waals surface area contributed by atoms with Crippen molar-refractivity contribution in [2.24, 2.45) is 5.92 Å². The quantitative estimate of drug-likeness (QED) is 0.636. The minimum absolute atomic E-state index is 0.676. The van der Waals surface area contributed by atoms with E-state index in [9.17, 15) is 0 Å². The van der Waals surface area contributed by atoms with Crippen molar-refractivity contribution in [2.45, 2.75) is 45.4 Å². The number of hydrogen-bond acceptors (Lipinski definition) is 1. The van der Waals surface area contributed by atoms with Gasteiger partial charge in [-0.3, -0.25) is 0 Å². The molecule has 0 aromatic heterocycles. The first-order valence-corrected chi connectivity index (χ1v) is 8.83. The first-order chi connectivity index (χ1) is 10.2. The second-order valence-corrected chi connectivity index (χ2v) is 6.68. The number of nitrogens with one attached hydrogen (secondary N) is 1. The fourth-order valence-electron chi connectivity index (χ4n) is 3.03. The summed E-state index contributed by atoms with van der Waals surface area (Å²) in [5, 5.41) is 5.02. The smallest absolute Gasteiger partial charge is 0.0493 e. The molecule has 2 rings (SSSR count). The van der Waals surface area contributed by atoms with Gasteiger partial charge < -0.3 is 5.32 Å². The molecular formula is C18H25Cl2N. The number of rotatable bonds is 6. The van der Waals surface area contributed by atoms with Gasteiger partial charge in [-0.2, -0.15) is 0 Å². The highest BCUT2D eigenvalue weighted by atomic mass is 35.5. The molecule has 0 heterocycles. The van der Waals surface area contributed by atoms with Crippen LogP contribution in [-0.4, -0.2) is 13.1 Å². The maximum atomic E-state index is 6.32. The molecule has 0 spiro atoms. The van der Waals surface area contributed by atoms with Crippen molar-refractivity contribution < 1.29 is 0 Å². The summed E-state index contributed by atoms with van der Waals surface area (Å²) in [6, 6.07) is 5.73. The molecule has 1 saturated carbocycles. The lowest BCUT2D eigenvalue weighted by atomic mass is 9.83. The maximum absolute atomic E-state index is 6.32. The Labute approximate surface area is 138 Å². The standard InChI is InChI=1S/C18H25Cl2N/c1-2-11-21-13-15(14-7-4-3-5-8-14)12-16-17(19)9-6-10-18(16)20/h6,9-10,12,14,21H,2-5,7-8,11,13H2,1H3/b15-12-. The molecule has 0 unspecified atom stereocenters. The third kappa shape index (κ3) is 5.02. The molecule has 0 atom stereocenters. The van der Waals surface area contributed by atoms with E-state index in [4.69, 9.17) is 23.2 Å². The van der Waals surface area contributed by atoms with E-state index in [1.165, 1.54) is 37.7 Å². The zero-order valence-electron chi connectivity index (χ0n) is 12.8. The van der Waals surface area contributed by atoms with Gasteiger partial charge in [-0.1, -0.05) is 67.1 Å². The van der Waals surface area contributed by atoms with Crippen molar-refractivity contribution >= 4 is 29.3 Å². The van der Waals surface area contributed by atoms with E-state index in [0.717, 1.165) is 35.1 Å². The number of hydrogen-bond donors (Lipinski definition) is 1. The minimum Gasteiger partial charge on any atom is -0.313 e. The molecular weight excluding hydrogens is 301 g/mol. The van der Waals surface area contributed by atoms with Crippen LogP contribution in [0.25, 0.3) is 6.08 Å². The average molecular weight is 326 g/mol. The fourth-order valence-corrected chi connectivity index (χ4v) is 3.54. The highest BCUT2D eigenvalue weighted by Gasteiger charge is 2.18. The second kappa shape index (κ2) is 8.82. The molecule has 0 aliphatic heterocycles. The molecule has 1 nitrogen and oxygen atoms in total. The maximum Gasteiger partial charge on any atom is 0.0493 e. The van der Waals surface area contributed by atoms with Crippen LogP contribution >= 0.6 is 23.2 Å². The highest BCUT2D eigenvalue weighted by molar-refractivity contribution is 6.37. The van der Waals surface area contributed by atoms with Gasteiger partial charge in [-0.25, -0.2) is 0 Å². The zero-order chi connectivity index (χ0) is 15.1. The lowest BCUT2D eigenvalue weighted by Crippen LogP contribution is -2.23. The van der Waals surface area contributed by atoms with Gasteiger partial charge in [0, 0.05) is 22.2 Å². The van der Waals surface area contributed by atoms with Gasteiger partial charge in [0.1, 0.15) is 0 Å². The summed E-state index contributed by atoms with van der Waals surface area (Å²) in [4.78, 5) is 0. The van der Waals surface area contributed by atoms with Crippen LogP contribution in [0.5, 0.6) is 0 Å². The molecule has 1 aliphatic carbocycles. The molecule has 0 saturated heterocycles. The van der Waals surface area contributed by atoms with E-state index in [-0.39, 0.29) is 0 Å². The third-order valence-corrected chi connectivity index (χ3v) is 4.87. The summed E-state index contributed by atoms with van der Waals surface area (Å²) < 4.78 is 0. The van der Waals surface area contributed by atoms with Crippen molar-refractivity contribution in [3.63, 3.8) is 0 Å². The number of benzene rings is 1. The molecule has 1 aliphatic rings. The summed E-state index contributed by atoms with van der Waals surface area (Å²) in [7, 11) is 0. The molecule has 1 N–H and O–H groups in total. The molecule has 0 amide bonds. The van der Waals surface area contributed by atoms with Gasteiger partial charge >= 0.3 is 0 Å². The van der Waals surface area contributed by atoms with Crippen LogP contribution in [0.3, 0.4) is 0 Å². The molecule has 1 aromatic carbocycles. The Morgan fingerprint density at radius 2 is 1.86 bits per heavy atom. The summed E-state index contributed by atoms with van der Waals surface area (Å²) in [6.07, 6.45) is 10.0. The summed E-state index contributed by atoms with van der Waals surface area (Å²) in [5.41, 5.74) is 2.43. The van der Waals surface area contributed by atoms with Crippen LogP contribution in [0.2, 0.25) is 10.0 Å². The first-order valence-electron chi connectivity index (χ1n) is 8.07. The van der Waals surface area contributed by atoms with Gasteiger partial charge in [-0.15, -0.1) is 0 Å². The predicted octanol–water partition coefficient (Wildman–Crippen LogP) is 5.96. The monoisotopic (exact) mass is 325 g/mol. The molecule has 0 bridgehead atoms. The normalized spacial score (nSPS) is 17.2. The van der Waals surface area contributed by atoms with Gasteiger partial charge in [0.2, 0.25) is 0 Å². The van der Waals surface area contributed by atoms with Crippen molar-refractivity contribution in [3.8, 4) is 0 Å². The average Bonchev–Trinajstić information content (AvgIpc) is 2.50. The Hall–Kier alpha value is -0.500. The minimum atomic E-state index is 0.676. The van der Waals surface area contributed by atoms with Crippen LogP contribution in [0.15, 0.2) is 23.8 Å². The van der Waals surface area contributed by atoms with E-state index < -0.39 is 0 Å². The van der Waals surface area contributed by atoms with Gasteiger partial charge in [0.15, 0.2) is 0 Å². The van der Waals surface area contributed by atoms with E-state index in [2.05, 4.69) is 18.3 Å². The van der Waals surface area contributed by atoms with Crippen molar-refractivity contribution in [2.75, 3.05) is 13.1 Å². The summed E-state index contributed by atoms with van der Waals surface area (Å²) in [6.45, 7) is 4.20. The Balaban J connectivity index is 2.22. The van der Waals surface area contributed by atoms with Gasteiger partial charge in [0.05, 0.1) is 0 Å². The van der Waals surface area contributed by atoms with Crippen molar-refractivity contribution in [1.82, 2.24) is 5.32 Å². The van der Waals surface area contributed by atoms with Crippen LogP contribution < -0.4 is 5.32 Å². The fraction of sp³-hybridized carbons (Fsp3) is 0.556. The van der Waals surface area contributed by atoms with E-state index in [0.29, 0.717) is 5.92 Å². The van der Waals surface area contributed by atoms with Crippen LogP contribution in [-0.2, 0) is 0 Å². The molecule has 0 radical (unpaired) electrons. The first kappa shape index (κ1) is 16.9. The Morgan fingerprint density at radius 3 is 2.48 bits per heavy atom. The van der Waals surface area contributed by atoms with E-state index in [1.54, 1.807) is 0 Å². The Bertz CT molecular complexity index is 456. The van der Waals surface area contributed by atoms with E-state index >= 15 is 0 Å². The van der Waals surface area contributed by atoms with Crippen molar-refractivity contribution in [1.29, 1.82) is 0 Å². The van der Waals surface area contributed by atoms with Gasteiger partial charge in [-0.05, 0) is 43.9 Å². The molecule has 1 aromatic rings. The molecule has 21 heavy (non-hydrogen) atoms. The molecule has 116 valence electrons. The van der Waals surface area contributed by atoms with Crippen molar-refractivity contribution in [3.05, 3.63) is 39.4 Å². The summed E-state index contributed by atoms with van der Waals surface area (Å²) in [5.74, 6) is 0.676. The van der Waals surface area contributed by atoms with Crippen LogP contribution in [0.4, 0.5) is 0 Å². The molecule has 1 fully saturated rings. The SMILES string of the molecule is CCCNC/C(=C/c1c(Cl)cccc1Cl)C1CCCCC1. The largest absolute Gasteiger partial charge is 0.313 e. The van der Waals surface area contributed by atoms with Gasteiger partial charge in [0.25, 0.3) is 0 Å². The lowest BCUT2D eigenvalue weighted by Gasteiger charge is -2.25. The van der Waals surface area contributed by atoms with Crippen LogP contribution in [0, 0.1) is 5.92 Å². The second-order valence-electron chi connectivity index (χ2n) is 5.87. The predicted molar refractivity (Wildman–Crippen MR) is 94.2 cm³/mol. The number of halogens is 2. The van der Waals surface area contributed by atoms with E-state index in [1.807, 2.05) is 18.2 Å². The lowest BCUT2D eigenvalue weighted by molar-refractivity contribution is 0.396. The Morgan fingerprint density at radius 1 is 1.19 bits per heavy atom. The third-order valence-electron chi connectivity index (χ3n) is 4.21. The highest BCUT2D eigenvalue weighted by Crippen LogP contribution is 2.33. The Kier molecular flexibility index (Phi) is 7.09.